The summed E-state index contributed by atoms with van der Waals surface area (Å²) in [5.74, 6) is 0.575. The van der Waals surface area contributed by atoms with Crippen LogP contribution in [0.4, 0.5) is 0 Å². The third-order valence-corrected chi connectivity index (χ3v) is 4.36. The van der Waals surface area contributed by atoms with Gasteiger partial charge < -0.3 is 5.32 Å². The predicted octanol–water partition coefficient (Wildman–Crippen LogP) is 4.38. The van der Waals surface area contributed by atoms with Gasteiger partial charge in [0.15, 0.2) is 0 Å². The number of rotatable bonds is 7. The highest BCUT2D eigenvalue weighted by Gasteiger charge is 2.12. The zero-order valence-corrected chi connectivity index (χ0v) is 12.7. The lowest BCUT2D eigenvalue weighted by Crippen LogP contribution is -2.23. The highest BCUT2D eigenvalue weighted by molar-refractivity contribution is 7.11. The zero-order chi connectivity index (χ0) is 13.5. The highest BCUT2D eigenvalue weighted by Crippen LogP contribution is 2.24. The van der Waals surface area contributed by atoms with Crippen LogP contribution in [0.25, 0.3) is 0 Å². The second kappa shape index (κ2) is 7.46. The lowest BCUT2D eigenvalue weighted by atomic mass is 9.95. The minimum Gasteiger partial charge on any atom is -0.316 e. The molecule has 0 saturated carbocycles. The highest BCUT2D eigenvalue weighted by atomic mass is 32.1. The van der Waals surface area contributed by atoms with Crippen molar-refractivity contribution in [3.8, 4) is 0 Å². The van der Waals surface area contributed by atoms with Gasteiger partial charge >= 0.3 is 0 Å². The first-order valence-electron chi connectivity index (χ1n) is 7.10. The molecule has 0 bridgehead atoms. The number of hydrogen-bond acceptors (Lipinski definition) is 2. The van der Waals surface area contributed by atoms with E-state index in [0.717, 1.165) is 19.5 Å². The van der Waals surface area contributed by atoms with E-state index in [0.29, 0.717) is 5.92 Å². The fourth-order valence-corrected chi connectivity index (χ4v) is 3.29. The summed E-state index contributed by atoms with van der Waals surface area (Å²) in [4.78, 5) is 2.90. The summed E-state index contributed by atoms with van der Waals surface area (Å²) in [5.41, 5.74) is 1.44. The summed E-state index contributed by atoms with van der Waals surface area (Å²) in [6.07, 6.45) is 2.33. The molecule has 0 aliphatic carbocycles. The van der Waals surface area contributed by atoms with Gasteiger partial charge in [-0.05, 0) is 44.0 Å². The Balaban J connectivity index is 2.05. The van der Waals surface area contributed by atoms with E-state index in [9.17, 15) is 0 Å². The van der Waals surface area contributed by atoms with Crippen LogP contribution in [0, 0.1) is 6.92 Å². The predicted molar refractivity (Wildman–Crippen MR) is 85.1 cm³/mol. The van der Waals surface area contributed by atoms with Crippen LogP contribution in [-0.4, -0.2) is 13.1 Å². The monoisotopic (exact) mass is 273 g/mol. The quantitative estimate of drug-likeness (QED) is 0.738. The summed E-state index contributed by atoms with van der Waals surface area (Å²) in [7, 11) is 0. The number of aryl methyl sites for hydroxylation is 1. The molecule has 0 amide bonds. The maximum atomic E-state index is 3.57. The Morgan fingerprint density at radius 2 is 1.89 bits per heavy atom. The van der Waals surface area contributed by atoms with E-state index < -0.39 is 0 Å². The molecule has 102 valence electrons. The second-order valence-corrected chi connectivity index (χ2v) is 6.40. The summed E-state index contributed by atoms with van der Waals surface area (Å²) in [5, 5.41) is 3.57. The minimum absolute atomic E-state index is 0.575. The first-order chi connectivity index (χ1) is 9.29. The first kappa shape index (κ1) is 14.3. The van der Waals surface area contributed by atoms with Crippen LogP contribution in [-0.2, 0) is 6.42 Å². The van der Waals surface area contributed by atoms with Crippen LogP contribution in [0.3, 0.4) is 0 Å². The Kier molecular flexibility index (Phi) is 5.62. The van der Waals surface area contributed by atoms with Crippen LogP contribution in [0.15, 0.2) is 42.5 Å². The van der Waals surface area contributed by atoms with Crippen LogP contribution in [0.1, 0.15) is 34.6 Å². The average molecular weight is 273 g/mol. The van der Waals surface area contributed by atoms with Crippen molar-refractivity contribution in [1.82, 2.24) is 5.32 Å². The zero-order valence-electron chi connectivity index (χ0n) is 11.9. The summed E-state index contributed by atoms with van der Waals surface area (Å²) < 4.78 is 0. The molecule has 1 aromatic heterocycles. The molecule has 1 aromatic carbocycles. The second-order valence-electron chi connectivity index (χ2n) is 5.03. The Morgan fingerprint density at radius 3 is 2.53 bits per heavy atom. The van der Waals surface area contributed by atoms with Crippen molar-refractivity contribution in [2.75, 3.05) is 13.1 Å². The third kappa shape index (κ3) is 4.48. The normalized spacial score (nSPS) is 12.5. The molecule has 1 heterocycles. The number of thiophene rings is 1. The molecule has 1 N–H and O–H groups in total. The van der Waals surface area contributed by atoms with Gasteiger partial charge in [-0.2, -0.15) is 0 Å². The molecule has 0 fully saturated rings. The molecule has 1 atom stereocenters. The lowest BCUT2D eigenvalue weighted by molar-refractivity contribution is 0.579. The van der Waals surface area contributed by atoms with Crippen molar-refractivity contribution in [3.05, 3.63) is 57.8 Å². The third-order valence-electron chi connectivity index (χ3n) is 3.33. The molecule has 1 nitrogen and oxygen atoms in total. The van der Waals surface area contributed by atoms with Gasteiger partial charge in [0.05, 0.1) is 0 Å². The molecule has 1 unspecified atom stereocenters. The Labute approximate surface area is 120 Å². The molecule has 19 heavy (non-hydrogen) atoms. The maximum Gasteiger partial charge on any atom is 0.00546 e. The molecule has 2 aromatic rings. The fraction of sp³-hybridized carbons (Fsp3) is 0.412. The molecular formula is C17H23NS. The van der Waals surface area contributed by atoms with Crippen molar-refractivity contribution in [2.45, 2.75) is 32.6 Å². The SMILES string of the molecule is CCCNCC(Cc1ccc(C)s1)c1ccccc1. The van der Waals surface area contributed by atoms with Crippen molar-refractivity contribution in [2.24, 2.45) is 0 Å². The van der Waals surface area contributed by atoms with Crippen molar-refractivity contribution in [3.63, 3.8) is 0 Å². The van der Waals surface area contributed by atoms with Gasteiger partial charge in [0.2, 0.25) is 0 Å². The lowest BCUT2D eigenvalue weighted by Gasteiger charge is -2.17. The average Bonchev–Trinajstić information content (AvgIpc) is 2.84. The van der Waals surface area contributed by atoms with E-state index in [1.165, 1.54) is 21.7 Å². The molecule has 2 heteroatoms. The van der Waals surface area contributed by atoms with Crippen LogP contribution in [0.2, 0.25) is 0 Å². The van der Waals surface area contributed by atoms with Gasteiger partial charge in [0.25, 0.3) is 0 Å². The van der Waals surface area contributed by atoms with E-state index >= 15 is 0 Å². The smallest absolute Gasteiger partial charge is 0.00546 e. The molecule has 2 rings (SSSR count). The van der Waals surface area contributed by atoms with Gasteiger partial charge in [0.1, 0.15) is 0 Å². The van der Waals surface area contributed by atoms with Gasteiger partial charge in [-0.25, -0.2) is 0 Å². The standard InChI is InChI=1S/C17H23NS/c1-3-11-18-13-16(15-7-5-4-6-8-15)12-17-10-9-14(2)19-17/h4-10,16,18H,3,11-13H2,1-2H3. The van der Waals surface area contributed by atoms with E-state index in [-0.39, 0.29) is 0 Å². The fourth-order valence-electron chi connectivity index (χ4n) is 2.32. The van der Waals surface area contributed by atoms with E-state index in [1.54, 1.807) is 0 Å². The Bertz CT molecular complexity index is 475. The van der Waals surface area contributed by atoms with Crippen LogP contribution >= 0.6 is 11.3 Å². The van der Waals surface area contributed by atoms with Gasteiger partial charge in [-0.1, -0.05) is 37.3 Å². The molecule has 0 spiro atoms. The molecular weight excluding hydrogens is 250 g/mol. The topological polar surface area (TPSA) is 12.0 Å². The Morgan fingerprint density at radius 1 is 1.11 bits per heavy atom. The van der Waals surface area contributed by atoms with Gasteiger partial charge in [-0.15, -0.1) is 11.3 Å². The summed E-state index contributed by atoms with van der Waals surface area (Å²) in [6.45, 7) is 6.57. The number of benzene rings is 1. The molecule has 0 aliphatic rings. The first-order valence-corrected chi connectivity index (χ1v) is 7.92. The van der Waals surface area contributed by atoms with Crippen LogP contribution < -0.4 is 5.32 Å². The molecule has 0 radical (unpaired) electrons. The Hall–Kier alpha value is -1.12. The maximum absolute atomic E-state index is 3.57. The van der Waals surface area contributed by atoms with E-state index in [1.807, 2.05) is 11.3 Å². The van der Waals surface area contributed by atoms with Crippen molar-refractivity contribution < 1.29 is 0 Å². The van der Waals surface area contributed by atoms with Crippen molar-refractivity contribution in [1.29, 1.82) is 0 Å². The van der Waals surface area contributed by atoms with Gasteiger partial charge in [-0.3, -0.25) is 0 Å². The summed E-state index contributed by atoms with van der Waals surface area (Å²) >= 11 is 1.92. The van der Waals surface area contributed by atoms with E-state index in [4.69, 9.17) is 0 Å². The number of nitrogens with one attached hydrogen (secondary N) is 1. The number of hydrogen-bond donors (Lipinski definition) is 1. The van der Waals surface area contributed by atoms with E-state index in [2.05, 4.69) is 61.6 Å². The minimum atomic E-state index is 0.575. The van der Waals surface area contributed by atoms with Crippen molar-refractivity contribution >= 4 is 11.3 Å². The molecule has 0 aliphatic heterocycles. The summed E-state index contributed by atoms with van der Waals surface area (Å²) in [6, 6.07) is 15.4. The van der Waals surface area contributed by atoms with Crippen LogP contribution in [0.5, 0.6) is 0 Å². The molecule has 0 saturated heterocycles. The van der Waals surface area contributed by atoms with Gasteiger partial charge in [0, 0.05) is 22.2 Å². The largest absolute Gasteiger partial charge is 0.316 e.